The number of nitrogens with one attached hydrogen (secondary N) is 2. The van der Waals surface area contributed by atoms with Gasteiger partial charge in [0, 0.05) is 23.7 Å². The van der Waals surface area contributed by atoms with Crippen LogP contribution in [0.25, 0.3) is 0 Å². The highest BCUT2D eigenvalue weighted by atomic mass is 35.5. The summed E-state index contributed by atoms with van der Waals surface area (Å²) >= 11 is 7.57. The third kappa shape index (κ3) is 4.82. The van der Waals surface area contributed by atoms with Gasteiger partial charge in [0.05, 0.1) is 27.8 Å². The normalized spacial score (nSPS) is 25.1. The summed E-state index contributed by atoms with van der Waals surface area (Å²) in [4.78, 5) is 34.3. The quantitative estimate of drug-likeness (QED) is 0.487. The van der Waals surface area contributed by atoms with Gasteiger partial charge in [0.1, 0.15) is 6.04 Å². The molecule has 2 amide bonds. The molecule has 2 N–H and O–H groups in total. The van der Waals surface area contributed by atoms with Gasteiger partial charge in [-0.15, -0.1) is 11.3 Å². The van der Waals surface area contributed by atoms with E-state index in [2.05, 4.69) is 27.4 Å². The Morgan fingerprint density at radius 2 is 1.97 bits per heavy atom. The number of hydrogen-bond donors (Lipinski definition) is 2. The Kier molecular flexibility index (Phi) is 6.60. The molecule has 4 fully saturated rings. The summed E-state index contributed by atoms with van der Waals surface area (Å²) in [7, 11) is 1.99. The Morgan fingerprint density at radius 1 is 1.24 bits per heavy atom. The van der Waals surface area contributed by atoms with Gasteiger partial charge in [-0.05, 0) is 62.6 Å². The molecule has 4 aliphatic rings. The summed E-state index contributed by atoms with van der Waals surface area (Å²) < 4.78 is 0. The number of halogens is 1. The smallest absolute Gasteiger partial charge is 0.262 e. The Bertz CT molecular complexity index is 1050. The van der Waals surface area contributed by atoms with Crippen LogP contribution in [0.5, 0.6) is 0 Å². The summed E-state index contributed by atoms with van der Waals surface area (Å²) in [6.45, 7) is 2.09. The van der Waals surface area contributed by atoms with Gasteiger partial charge < -0.3 is 15.5 Å². The predicted octanol–water partition coefficient (Wildman–Crippen LogP) is 5.34. The van der Waals surface area contributed by atoms with Crippen LogP contribution in [0.15, 0.2) is 30.6 Å². The van der Waals surface area contributed by atoms with Gasteiger partial charge in [-0.25, -0.2) is 0 Å². The van der Waals surface area contributed by atoms with Crippen molar-refractivity contribution in [3.05, 3.63) is 45.4 Å². The Morgan fingerprint density at radius 3 is 2.62 bits per heavy atom. The summed E-state index contributed by atoms with van der Waals surface area (Å²) in [6, 6.07) is 5.32. The van der Waals surface area contributed by atoms with E-state index in [1.807, 2.05) is 25.2 Å². The number of rotatable bonds is 9. The van der Waals surface area contributed by atoms with Crippen LogP contribution in [0.4, 0.5) is 5.69 Å². The van der Waals surface area contributed by atoms with E-state index in [1.54, 1.807) is 12.4 Å². The maximum Gasteiger partial charge on any atom is 0.262 e. The minimum atomic E-state index is -0.465. The fraction of sp³-hybridized carbons (Fsp3) is 0.577. The van der Waals surface area contributed by atoms with E-state index in [0.29, 0.717) is 15.8 Å². The second-order valence-corrected chi connectivity index (χ2v) is 12.1. The van der Waals surface area contributed by atoms with Crippen molar-refractivity contribution in [1.82, 2.24) is 15.6 Å². The van der Waals surface area contributed by atoms with Crippen LogP contribution in [0.2, 0.25) is 5.02 Å². The van der Waals surface area contributed by atoms with E-state index in [-0.39, 0.29) is 23.4 Å². The first-order chi connectivity index (χ1) is 16.3. The lowest BCUT2D eigenvalue weighted by atomic mass is 9.50. The first-order valence-corrected chi connectivity index (χ1v) is 13.6. The molecule has 2 aromatic rings. The Hall–Kier alpha value is -2.12. The zero-order valence-corrected chi connectivity index (χ0v) is 21.4. The zero-order chi connectivity index (χ0) is 23.9. The van der Waals surface area contributed by atoms with E-state index in [9.17, 15) is 9.59 Å². The van der Waals surface area contributed by atoms with Crippen molar-refractivity contribution in [3.63, 3.8) is 0 Å². The second-order valence-electron chi connectivity index (χ2n) is 10.5. The minimum Gasteiger partial charge on any atom is -0.366 e. The zero-order valence-electron chi connectivity index (χ0n) is 19.9. The summed E-state index contributed by atoms with van der Waals surface area (Å²) in [5.41, 5.74) is 0.937. The maximum atomic E-state index is 13.2. The molecule has 8 heteroatoms. The third-order valence-electron chi connectivity index (χ3n) is 8.03. The van der Waals surface area contributed by atoms with Crippen molar-refractivity contribution in [2.45, 2.75) is 75.9 Å². The van der Waals surface area contributed by atoms with E-state index in [4.69, 9.17) is 11.6 Å². The van der Waals surface area contributed by atoms with Gasteiger partial charge in [-0.1, -0.05) is 37.3 Å². The number of anilines is 1. The van der Waals surface area contributed by atoms with Crippen LogP contribution in [0.1, 0.15) is 78.9 Å². The SMILES string of the molecule is C[C@H](c1ccc(C(=O)N[C@@H](CC2CCCC2)C(=O)NC23CC(C2)C3)s1)N(C)c1cncc(Cl)c1. The molecule has 4 saturated carbocycles. The fourth-order valence-corrected chi connectivity index (χ4v) is 6.90. The summed E-state index contributed by atoms with van der Waals surface area (Å²) in [5, 5.41) is 6.96. The van der Waals surface area contributed by atoms with Gasteiger partial charge in [0.15, 0.2) is 0 Å². The highest BCUT2D eigenvalue weighted by Crippen LogP contribution is 2.57. The summed E-state index contributed by atoms with van der Waals surface area (Å²) in [5.74, 6) is 1.15. The van der Waals surface area contributed by atoms with Crippen molar-refractivity contribution < 1.29 is 9.59 Å². The van der Waals surface area contributed by atoms with Crippen LogP contribution in [0.3, 0.4) is 0 Å². The molecule has 34 heavy (non-hydrogen) atoms. The van der Waals surface area contributed by atoms with Crippen LogP contribution >= 0.6 is 22.9 Å². The lowest BCUT2D eigenvalue weighted by Crippen LogP contribution is -2.70. The number of hydrogen-bond acceptors (Lipinski definition) is 5. The standard InChI is InChI=1S/C26H33ClN4O2S/c1-16(31(2)20-10-19(27)14-28-15-20)22-7-8-23(34-22)25(33)29-21(9-17-5-3-4-6-17)24(32)30-26-11-18(12-26)13-26/h7-8,10,14-18,21H,3-6,9,11-13H2,1-2H3,(H,29,33)(H,30,32)/t16-,18?,21+,26?/m1/s1. The molecular formula is C26H33ClN4O2S. The average Bonchev–Trinajstić information content (AvgIpc) is 3.46. The number of amides is 2. The van der Waals surface area contributed by atoms with Gasteiger partial charge in [-0.3, -0.25) is 14.6 Å². The molecule has 6 rings (SSSR count). The molecule has 0 spiro atoms. The second kappa shape index (κ2) is 9.50. The largest absolute Gasteiger partial charge is 0.366 e. The maximum absolute atomic E-state index is 13.2. The van der Waals surface area contributed by atoms with Crippen LogP contribution < -0.4 is 15.5 Å². The number of carbonyl (C=O) groups excluding carboxylic acids is 2. The number of pyridine rings is 1. The number of aromatic nitrogens is 1. The van der Waals surface area contributed by atoms with E-state index >= 15 is 0 Å². The highest BCUT2D eigenvalue weighted by molar-refractivity contribution is 7.14. The lowest BCUT2D eigenvalue weighted by Gasteiger charge is -2.62. The van der Waals surface area contributed by atoms with E-state index in [1.165, 1.54) is 24.2 Å². The molecular weight excluding hydrogens is 468 g/mol. The summed E-state index contributed by atoms with van der Waals surface area (Å²) in [6.07, 6.45) is 12.2. The highest BCUT2D eigenvalue weighted by Gasteiger charge is 2.57. The van der Waals surface area contributed by atoms with Gasteiger partial charge in [0.25, 0.3) is 5.91 Å². The van der Waals surface area contributed by atoms with Crippen molar-refractivity contribution in [3.8, 4) is 0 Å². The number of thiophene rings is 1. The first kappa shape index (κ1) is 23.6. The molecule has 6 nitrogen and oxygen atoms in total. The molecule has 0 aromatic carbocycles. The van der Waals surface area contributed by atoms with Crippen LogP contribution in [-0.2, 0) is 4.79 Å². The Balaban J connectivity index is 1.25. The van der Waals surface area contributed by atoms with Crippen molar-refractivity contribution in [2.24, 2.45) is 11.8 Å². The molecule has 2 heterocycles. The first-order valence-electron chi connectivity index (χ1n) is 12.4. The molecule has 182 valence electrons. The minimum absolute atomic E-state index is 0.00302. The van der Waals surface area contributed by atoms with Crippen molar-refractivity contribution >= 4 is 40.4 Å². The van der Waals surface area contributed by atoms with Crippen molar-refractivity contribution in [1.29, 1.82) is 0 Å². The van der Waals surface area contributed by atoms with E-state index < -0.39 is 6.04 Å². The predicted molar refractivity (Wildman–Crippen MR) is 136 cm³/mol. The molecule has 0 aliphatic heterocycles. The van der Waals surface area contributed by atoms with Crippen molar-refractivity contribution in [2.75, 3.05) is 11.9 Å². The van der Waals surface area contributed by atoms with Gasteiger partial charge in [0.2, 0.25) is 5.91 Å². The molecule has 0 radical (unpaired) electrons. The topological polar surface area (TPSA) is 74.3 Å². The Labute approximate surface area is 210 Å². The fourth-order valence-electron chi connectivity index (χ4n) is 5.73. The molecule has 2 atom stereocenters. The number of carbonyl (C=O) groups is 2. The lowest BCUT2D eigenvalue weighted by molar-refractivity contribution is -0.135. The van der Waals surface area contributed by atoms with Crippen LogP contribution in [-0.4, -0.2) is 35.4 Å². The molecule has 4 aliphatic carbocycles. The molecule has 0 unspecified atom stereocenters. The van der Waals surface area contributed by atoms with Crippen LogP contribution in [0, 0.1) is 11.8 Å². The molecule has 2 aromatic heterocycles. The average molecular weight is 501 g/mol. The van der Waals surface area contributed by atoms with Gasteiger partial charge in [-0.2, -0.15) is 0 Å². The van der Waals surface area contributed by atoms with Gasteiger partial charge >= 0.3 is 0 Å². The number of nitrogens with zero attached hydrogens (tertiary/aromatic N) is 2. The molecule has 2 bridgehead atoms. The third-order valence-corrected chi connectivity index (χ3v) is 9.49. The monoisotopic (exact) mass is 500 g/mol. The molecule has 0 saturated heterocycles. The van der Waals surface area contributed by atoms with E-state index in [0.717, 1.165) is 55.0 Å².